The minimum atomic E-state index is -0.672. The van der Waals surface area contributed by atoms with Gasteiger partial charge >= 0.3 is 0 Å². The summed E-state index contributed by atoms with van der Waals surface area (Å²) < 4.78 is 11.0. The Kier molecular flexibility index (Phi) is 5.70. The van der Waals surface area contributed by atoms with Gasteiger partial charge in [0.05, 0.1) is 12.0 Å². The van der Waals surface area contributed by atoms with Crippen LogP contribution in [0.15, 0.2) is 12.1 Å². The van der Waals surface area contributed by atoms with E-state index in [1.165, 1.54) is 0 Å². The van der Waals surface area contributed by atoms with E-state index in [0.29, 0.717) is 42.4 Å². The molecule has 0 spiro atoms. The first-order valence-corrected chi connectivity index (χ1v) is 7.64. The van der Waals surface area contributed by atoms with E-state index in [0.717, 1.165) is 6.42 Å². The number of nitrogens with one attached hydrogen (secondary N) is 1. The van der Waals surface area contributed by atoms with Crippen molar-refractivity contribution in [1.29, 1.82) is 0 Å². The van der Waals surface area contributed by atoms with Crippen LogP contribution in [0.1, 0.15) is 30.1 Å². The number of ketones is 1. The van der Waals surface area contributed by atoms with Crippen molar-refractivity contribution < 1.29 is 19.4 Å². The van der Waals surface area contributed by atoms with Crippen LogP contribution >= 0.6 is 11.6 Å². The van der Waals surface area contributed by atoms with Crippen LogP contribution in [0.25, 0.3) is 0 Å². The SMILES string of the molecule is CCCC(=O)c1cc2c(cc1NCC(O)CCl)OCCO2. The summed E-state index contributed by atoms with van der Waals surface area (Å²) in [5.41, 5.74) is 1.20. The fraction of sp³-hybridized carbons (Fsp3) is 0.533. The maximum Gasteiger partial charge on any atom is 0.165 e. The summed E-state index contributed by atoms with van der Waals surface area (Å²) in [6.07, 6.45) is 0.567. The van der Waals surface area contributed by atoms with Gasteiger partial charge in [0, 0.05) is 30.3 Å². The van der Waals surface area contributed by atoms with Crippen LogP contribution in [0.5, 0.6) is 11.5 Å². The molecule has 1 unspecified atom stereocenters. The molecule has 0 radical (unpaired) electrons. The predicted octanol–water partition coefficient (Wildman–Crippen LogP) is 2.45. The molecule has 0 amide bonds. The average molecular weight is 314 g/mol. The van der Waals surface area contributed by atoms with E-state index in [-0.39, 0.29) is 18.2 Å². The first kappa shape index (κ1) is 15.9. The van der Waals surface area contributed by atoms with E-state index >= 15 is 0 Å². The molecular weight excluding hydrogens is 294 g/mol. The Hall–Kier alpha value is -1.46. The molecule has 2 N–H and O–H groups in total. The highest BCUT2D eigenvalue weighted by molar-refractivity contribution is 6.18. The van der Waals surface area contributed by atoms with Crippen LogP contribution in [-0.4, -0.2) is 42.6 Å². The molecule has 5 nitrogen and oxygen atoms in total. The molecule has 0 aromatic heterocycles. The second kappa shape index (κ2) is 7.52. The lowest BCUT2D eigenvalue weighted by atomic mass is 10.0. The molecule has 0 fully saturated rings. The topological polar surface area (TPSA) is 67.8 Å². The highest BCUT2D eigenvalue weighted by atomic mass is 35.5. The van der Waals surface area contributed by atoms with Gasteiger partial charge in [-0.3, -0.25) is 4.79 Å². The van der Waals surface area contributed by atoms with Gasteiger partial charge in [-0.15, -0.1) is 11.6 Å². The van der Waals surface area contributed by atoms with Crippen molar-refractivity contribution in [2.75, 3.05) is 31.0 Å². The van der Waals surface area contributed by atoms with E-state index in [1.807, 2.05) is 6.92 Å². The second-order valence-electron chi connectivity index (χ2n) is 4.90. The standard InChI is InChI=1S/C15H20ClNO4/c1-2-3-13(19)11-6-14-15(21-5-4-20-14)7-12(11)17-9-10(18)8-16/h6-7,10,17-18H,2-5,8-9H2,1H3. The van der Waals surface area contributed by atoms with Crippen LogP contribution < -0.4 is 14.8 Å². The Morgan fingerprint density at radius 1 is 1.38 bits per heavy atom. The molecule has 1 heterocycles. The number of fused-ring (bicyclic) bond motifs is 1. The van der Waals surface area contributed by atoms with Gasteiger partial charge in [0.15, 0.2) is 17.3 Å². The molecule has 1 aliphatic heterocycles. The largest absolute Gasteiger partial charge is 0.486 e. The Morgan fingerprint density at radius 3 is 2.67 bits per heavy atom. The van der Waals surface area contributed by atoms with Crippen molar-refractivity contribution in [2.24, 2.45) is 0 Å². The Balaban J connectivity index is 2.27. The van der Waals surface area contributed by atoms with Crippen LogP contribution in [0.4, 0.5) is 5.69 Å². The third-order valence-corrected chi connectivity index (χ3v) is 3.52. The van der Waals surface area contributed by atoms with Crippen LogP contribution in [0, 0.1) is 0 Å². The van der Waals surface area contributed by atoms with Gasteiger partial charge in [-0.1, -0.05) is 6.92 Å². The number of ether oxygens (including phenoxy) is 2. The number of carbonyl (C=O) groups excluding carboxylic acids is 1. The minimum absolute atomic E-state index is 0.0392. The van der Waals surface area contributed by atoms with Crippen molar-refractivity contribution in [3.05, 3.63) is 17.7 Å². The van der Waals surface area contributed by atoms with Crippen molar-refractivity contribution in [1.82, 2.24) is 0 Å². The quantitative estimate of drug-likeness (QED) is 0.598. The molecule has 21 heavy (non-hydrogen) atoms. The van der Waals surface area contributed by atoms with Gasteiger partial charge < -0.3 is 19.9 Å². The van der Waals surface area contributed by atoms with E-state index in [1.54, 1.807) is 12.1 Å². The lowest BCUT2D eigenvalue weighted by molar-refractivity contribution is 0.0981. The first-order valence-electron chi connectivity index (χ1n) is 7.10. The monoisotopic (exact) mass is 313 g/mol. The van der Waals surface area contributed by atoms with Gasteiger partial charge in [0.2, 0.25) is 0 Å². The molecule has 0 aliphatic carbocycles. The second-order valence-corrected chi connectivity index (χ2v) is 5.21. The summed E-state index contributed by atoms with van der Waals surface area (Å²) in [5.74, 6) is 1.37. The third kappa shape index (κ3) is 4.02. The highest BCUT2D eigenvalue weighted by Gasteiger charge is 2.19. The molecular formula is C15H20ClNO4. The number of hydrogen-bond acceptors (Lipinski definition) is 5. The van der Waals surface area contributed by atoms with Crippen LogP contribution in [-0.2, 0) is 0 Å². The lowest BCUT2D eigenvalue weighted by Gasteiger charge is -2.22. The molecule has 0 saturated carbocycles. The summed E-state index contributed by atoms with van der Waals surface area (Å²) in [6.45, 7) is 3.20. The van der Waals surface area contributed by atoms with E-state index in [9.17, 15) is 9.90 Å². The Labute approximate surface area is 129 Å². The van der Waals surface area contributed by atoms with Crippen molar-refractivity contribution in [2.45, 2.75) is 25.9 Å². The fourth-order valence-electron chi connectivity index (χ4n) is 2.11. The molecule has 1 aromatic rings. The van der Waals surface area contributed by atoms with Gasteiger partial charge in [-0.05, 0) is 12.5 Å². The molecule has 0 saturated heterocycles. The number of rotatable bonds is 7. The highest BCUT2D eigenvalue weighted by Crippen LogP contribution is 2.36. The van der Waals surface area contributed by atoms with E-state index < -0.39 is 6.10 Å². The normalized spacial score (nSPS) is 14.6. The maximum atomic E-state index is 12.2. The summed E-state index contributed by atoms with van der Waals surface area (Å²) >= 11 is 5.58. The van der Waals surface area contributed by atoms with Gasteiger partial charge in [0.25, 0.3) is 0 Å². The number of Topliss-reactive ketones (excluding diaryl/α,β-unsaturated/α-hetero) is 1. The Morgan fingerprint density at radius 2 is 2.05 bits per heavy atom. The average Bonchev–Trinajstić information content (AvgIpc) is 2.51. The number of halogens is 1. The van der Waals surface area contributed by atoms with Gasteiger partial charge in [-0.25, -0.2) is 0 Å². The van der Waals surface area contributed by atoms with Gasteiger partial charge in [0.1, 0.15) is 13.2 Å². The summed E-state index contributed by atoms with van der Waals surface area (Å²) in [7, 11) is 0. The van der Waals surface area contributed by atoms with Crippen molar-refractivity contribution in [3.8, 4) is 11.5 Å². The number of anilines is 1. The molecule has 6 heteroatoms. The zero-order chi connectivity index (χ0) is 15.2. The van der Waals surface area contributed by atoms with Crippen LogP contribution in [0.3, 0.4) is 0 Å². The minimum Gasteiger partial charge on any atom is -0.486 e. The Bertz CT molecular complexity index is 507. The van der Waals surface area contributed by atoms with E-state index in [4.69, 9.17) is 21.1 Å². The summed E-state index contributed by atoms with van der Waals surface area (Å²) in [6, 6.07) is 3.46. The number of hydrogen-bond donors (Lipinski definition) is 2. The molecule has 1 aliphatic rings. The number of alkyl halides is 1. The molecule has 116 valence electrons. The fourth-order valence-corrected chi connectivity index (χ4v) is 2.22. The van der Waals surface area contributed by atoms with Crippen molar-refractivity contribution >= 4 is 23.1 Å². The summed E-state index contributed by atoms with van der Waals surface area (Å²) in [4.78, 5) is 12.2. The first-order chi connectivity index (χ1) is 10.2. The maximum absolute atomic E-state index is 12.2. The number of aliphatic hydroxyl groups excluding tert-OH is 1. The van der Waals surface area contributed by atoms with Crippen LogP contribution in [0.2, 0.25) is 0 Å². The number of benzene rings is 1. The third-order valence-electron chi connectivity index (χ3n) is 3.17. The number of carbonyl (C=O) groups is 1. The van der Waals surface area contributed by atoms with E-state index in [2.05, 4.69) is 5.32 Å². The smallest absolute Gasteiger partial charge is 0.165 e. The molecule has 2 rings (SSSR count). The van der Waals surface area contributed by atoms with Gasteiger partial charge in [-0.2, -0.15) is 0 Å². The zero-order valence-electron chi connectivity index (χ0n) is 12.0. The molecule has 0 bridgehead atoms. The molecule has 1 atom stereocenters. The predicted molar refractivity (Wildman–Crippen MR) is 81.9 cm³/mol. The zero-order valence-corrected chi connectivity index (χ0v) is 12.8. The van der Waals surface area contributed by atoms with Crippen molar-refractivity contribution in [3.63, 3.8) is 0 Å². The number of aliphatic hydroxyl groups is 1. The lowest BCUT2D eigenvalue weighted by Crippen LogP contribution is -2.22. The summed E-state index contributed by atoms with van der Waals surface area (Å²) in [5, 5.41) is 12.6. The molecule has 1 aromatic carbocycles.